The van der Waals surface area contributed by atoms with Crippen LogP contribution in [0.1, 0.15) is 13.3 Å². The molecule has 0 saturated heterocycles. The molecule has 3 N–H and O–H groups in total. The molecular formula is C14H21N3O3. The quantitative estimate of drug-likeness (QED) is 0.618. The molecule has 0 bridgehead atoms. The maximum Gasteiger partial charge on any atom is 0.314 e. The molecule has 0 atom stereocenters. The van der Waals surface area contributed by atoms with E-state index in [9.17, 15) is 9.59 Å². The molecule has 0 saturated carbocycles. The highest BCUT2D eigenvalue weighted by molar-refractivity contribution is 5.74. The van der Waals surface area contributed by atoms with Crippen LogP contribution in [0.2, 0.25) is 0 Å². The smallest absolute Gasteiger partial charge is 0.314 e. The van der Waals surface area contributed by atoms with Crippen LogP contribution in [-0.4, -0.2) is 38.2 Å². The summed E-state index contributed by atoms with van der Waals surface area (Å²) in [5.41, 5.74) is 0. The Balaban J connectivity index is 1.95. The molecule has 0 unspecified atom stereocenters. The number of hydrogen-bond donors (Lipinski definition) is 3. The van der Waals surface area contributed by atoms with Crippen molar-refractivity contribution in [3.63, 3.8) is 0 Å². The van der Waals surface area contributed by atoms with Gasteiger partial charge in [-0.25, -0.2) is 4.79 Å². The molecule has 0 radical (unpaired) electrons. The third kappa shape index (κ3) is 7.97. The Morgan fingerprint density at radius 1 is 1.00 bits per heavy atom. The molecule has 110 valence electrons. The summed E-state index contributed by atoms with van der Waals surface area (Å²) in [6, 6.07) is 9.30. The van der Waals surface area contributed by atoms with E-state index in [4.69, 9.17) is 4.74 Å². The molecule has 0 aromatic heterocycles. The van der Waals surface area contributed by atoms with E-state index in [1.165, 1.54) is 6.92 Å². The number of nitrogens with one attached hydrogen (secondary N) is 3. The van der Waals surface area contributed by atoms with E-state index in [1.54, 1.807) is 0 Å². The summed E-state index contributed by atoms with van der Waals surface area (Å²) in [5, 5.41) is 7.95. The number of hydrogen-bond acceptors (Lipinski definition) is 3. The normalized spacial score (nSPS) is 9.65. The maximum absolute atomic E-state index is 11.3. The second-order valence-electron chi connectivity index (χ2n) is 4.18. The first kappa shape index (κ1) is 15.8. The van der Waals surface area contributed by atoms with Crippen LogP contribution in [0.25, 0.3) is 0 Å². The van der Waals surface area contributed by atoms with Crippen LogP contribution in [-0.2, 0) is 4.79 Å². The predicted molar refractivity (Wildman–Crippen MR) is 76.6 cm³/mol. The summed E-state index contributed by atoms with van der Waals surface area (Å²) in [5.74, 6) is 0.720. The van der Waals surface area contributed by atoms with Gasteiger partial charge in [0.05, 0.1) is 6.61 Å². The number of urea groups is 1. The molecule has 0 aliphatic carbocycles. The van der Waals surface area contributed by atoms with Gasteiger partial charge in [0.15, 0.2) is 0 Å². The molecule has 0 heterocycles. The van der Waals surface area contributed by atoms with Gasteiger partial charge in [-0.1, -0.05) is 18.2 Å². The van der Waals surface area contributed by atoms with Crippen molar-refractivity contribution in [3.05, 3.63) is 30.3 Å². The number of amides is 3. The molecule has 20 heavy (non-hydrogen) atoms. The summed E-state index contributed by atoms with van der Waals surface area (Å²) < 4.78 is 5.49. The summed E-state index contributed by atoms with van der Waals surface area (Å²) in [7, 11) is 0. The topological polar surface area (TPSA) is 79.5 Å². The van der Waals surface area contributed by atoms with E-state index in [2.05, 4.69) is 16.0 Å². The zero-order valence-electron chi connectivity index (χ0n) is 11.6. The van der Waals surface area contributed by atoms with Crippen LogP contribution in [0, 0.1) is 0 Å². The van der Waals surface area contributed by atoms with Crippen molar-refractivity contribution in [1.29, 1.82) is 0 Å². The van der Waals surface area contributed by atoms with Crippen molar-refractivity contribution in [2.24, 2.45) is 0 Å². The zero-order chi connectivity index (χ0) is 14.6. The largest absolute Gasteiger partial charge is 0.494 e. The van der Waals surface area contributed by atoms with Crippen molar-refractivity contribution >= 4 is 11.9 Å². The van der Waals surface area contributed by atoms with E-state index in [1.807, 2.05) is 30.3 Å². The Hall–Kier alpha value is -2.24. The van der Waals surface area contributed by atoms with Crippen LogP contribution >= 0.6 is 0 Å². The number of para-hydroxylation sites is 1. The molecule has 0 spiro atoms. The first-order chi connectivity index (χ1) is 9.68. The Labute approximate surface area is 118 Å². The number of benzene rings is 1. The minimum Gasteiger partial charge on any atom is -0.494 e. The fraction of sp³-hybridized carbons (Fsp3) is 0.429. The lowest BCUT2D eigenvalue weighted by Crippen LogP contribution is -2.40. The number of carbonyl (C=O) groups excluding carboxylic acids is 2. The van der Waals surface area contributed by atoms with E-state index >= 15 is 0 Å². The summed E-state index contributed by atoms with van der Waals surface area (Å²) >= 11 is 0. The van der Waals surface area contributed by atoms with Crippen LogP contribution in [0.5, 0.6) is 5.75 Å². The Morgan fingerprint density at radius 3 is 2.35 bits per heavy atom. The van der Waals surface area contributed by atoms with Gasteiger partial charge in [-0.05, 0) is 18.6 Å². The second-order valence-corrected chi connectivity index (χ2v) is 4.18. The van der Waals surface area contributed by atoms with Gasteiger partial charge in [-0.3, -0.25) is 4.79 Å². The Kier molecular flexibility index (Phi) is 7.64. The number of rotatable bonds is 8. The monoisotopic (exact) mass is 279 g/mol. The van der Waals surface area contributed by atoms with Crippen LogP contribution in [0.3, 0.4) is 0 Å². The third-order valence-corrected chi connectivity index (χ3v) is 2.40. The highest BCUT2D eigenvalue weighted by atomic mass is 16.5. The Morgan fingerprint density at radius 2 is 1.65 bits per heavy atom. The van der Waals surface area contributed by atoms with E-state index in [-0.39, 0.29) is 11.9 Å². The molecule has 3 amide bonds. The van der Waals surface area contributed by atoms with Crippen molar-refractivity contribution in [2.75, 3.05) is 26.2 Å². The molecule has 1 aromatic rings. The summed E-state index contributed by atoms with van der Waals surface area (Å²) in [4.78, 5) is 21.9. The number of carbonyl (C=O) groups is 2. The Bertz CT molecular complexity index is 409. The molecule has 6 nitrogen and oxygen atoms in total. The summed E-state index contributed by atoms with van der Waals surface area (Å²) in [6.07, 6.45) is 0.730. The minimum absolute atomic E-state index is 0.106. The first-order valence-electron chi connectivity index (χ1n) is 6.62. The molecule has 1 rings (SSSR count). The fourth-order valence-corrected chi connectivity index (χ4v) is 1.46. The second kappa shape index (κ2) is 9.66. The maximum atomic E-state index is 11.3. The average molecular weight is 279 g/mol. The molecule has 6 heteroatoms. The molecule has 0 fully saturated rings. The van der Waals surface area contributed by atoms with E-state index in [0.29, 0.717) is 26.2 Å². The molecule has 1 aromatic carbocycles. The van der Waals surface area contributed by atoms with Crippen molar-refractivity contribution in [3.8, 4) is 5.75 Å². The van der Waals surface area contributed by atoms with Crippen molar-refractivity contribution < 1.29 is 14.3 Å². The predicted octanol–water partition coefficient (Wildman–Crippen LogP) is 0.891. The first-order valence-corrected chi connectivity index (χ1v) is 6.62. The van der Waals surface area contributed by atoms with Gasteiger partial charge >= 0.3 is 6.03 Å². The SMILES string of the molecule is CC(=O)NCCNC(=O)NCCCOc1ccccc1. The van der Waals surface area contributed by atoms with Crippen molar-refractivity contribution in [1.82, 2.24) is 16.0 Å². The number of ether oxygens (including phenoxy) is 1. The van der Waals surface area contributed by atoms with Gasteiger partial charge in [-0.15, -0.1) is 0 Å². The highest BCUT2D eigenvalue weighted by Gasteiger charge is 1.99. The van der Waals surface area contributed by atoms with Gasteiger partial charge in [0.25, 0.3) is 0 Å². The standard InChI is InChI=1S/C14H21N3O3/c1-12(18)15-9-10-17-14(19)16-8-5-11-20-13-6-3-2-4-7-13/h2-4,6-7H,5,8-11H2,1H3,(H,15,18)(H2,16,17,19). The van der Waals surface area contributed by atoms with Crippen LogP contribution < -0.4 is 20.7 Å². The third-order valence-electron chi connectivity index (χ3n) is 2.40. The minimum atomic E-state index is -0.241. The van der Waals surface area contributed by atoms with Gasteiger partial charge in [0.1, 0.15) is 5.75 Å². The lowest BCUT2D eigenvalue weighted by atomic mass is 10.3. The van der Waals surface area contributed by atoms with Crippen LogP contribution in [0.4, 0.5) is 4.79 Å². The summed E-state index contributed by atoms with van der Waals surface area (Å²) in [6.45, 7) is 3.37. The fourth-order valence-electron chi connectivity index (χ4n) is 1.46. The average Bonchev–Trinajstić information content (AvgIpc) is 2.44. The molecular weight excluding hydrogens is 258 g/mol. The molecule has 0 aliphatic heterocycles. The van der Waals surface area contributed by atoms with Crippen molar-refractivity contribution in [2.45, 2.75) is 13.3 Å². The van der Waals surface area contributed by atoms with Gasteiger partial charge < -0.3 is 20.7 Å². The van der Waals surface area contributed by atoms with E-state index < -0.39 is 0 Å². The van der Waals surface area contributed by atoms with Gasteiger partial charge in [0.2, 0.25) is 5.91 Å². The lowest BCUT2D eigenvalue weighted by molar-refractivity contribution is -0.118. The lowest BCUT2D eigenvalue weighted by Gasteiger charge is -2.08. The van der Waals surface area contributed by atoms with E-state index in [0.717, 1.165) is 12.2 Å². The zero-order valence-corrected chi connectivity index (χ0v) is 11.6. The van der Waals surface area contributed by atoms with Gasteiger partial charge in [0, 0.05) is 26.6 Å². The van der Waals surface area contributed by atoms with Crippen LogP contribution in [0.15, 0.2) is 30.3 Å². The molecule has 0 aliphatic rings. The highest BCUT2D eigenvalue weighted by Crippen LogP contribution is 2.07. The van der Waals surface area contributed by atoms with Gasteiger partial charge in [-0.2, -0.15) is 0 Å².